The molecule has 25 heavy (non-hydrogen) atoms. The number of halogens is 2. The molecule has 6 heteroatoms. The number of amides is 1. The van der Waals surface area contributed by atoms with E-state index in [2.05, 4.69) is 46.3 Å². The molecule has 3 aliphatic heterocycles. The molecule has 2 bridgehead atoms. The van der Waals surface area contributed by atoms with Gasteiger partial charge in [-0.2, -0.15) is 0 Å². The third-order valence-electron chi connectivity index (χ3n) is 5.97. The van der Waals surface area contributed by atoms with Crippen LogP contribution in [0.5, 0.6) is 0 Å². The summed E-state index contributed by atoms with van der Waals surface area (Å²) in [7, 11) is 0. The summed E-state index contributed by atoms with van der Waals surface area (Å²) in [6.45, 7) is 6.03. The zero-order valence-corrected chi connectivity index (χ0v) is 16.5. The Bertz CT molecular complexity index is 584. The van der Waals surface area contributed by atoms with Crippen molar-refractivity contribution in [2.45, 2.75) is 57.3 Å². The number of hydrogen-bond acceptors (Lipinski definition) is 3. The Morgan fingerprint density at radius 3 is 2.64 bits per heavy atom. The molecule has 3 heterocycles. The lowest BCUT2D eigenvalue weighted by molar-refractivity contribution is -0.139. The van der Waals surface area contributed by atoms with Crippen molar-refractivity contribution in [2.24, 2.45) is 0 Å². The summed E-state index contributed by atoms with van der Waals surface area (Å²) >= 11 is 0. The number of carbonyl (C=O) groups excluding carboxylic acids is 1. The molecule has 2 saturated heterocycles. The third kappa shape index (κ3) is 3.97. The smallest absolute Gasteiger partial charge is 0.240 e. The Balaban J connectivity index is 0.00000113. The van der Waals surface area contributed by atoms with Crippen LogP contribution in [0.1, 0.15) is 37.3 Å². The zero-order chi connectivity index (χ0) is 15.8. The number of nitrogens with zero attached hydrogens (tertiary/aromatic N) is 2. The number of rotatable bonds is 2. The summed E-state index contributed by atoms with van der Waals surface area (Å²) in [6.07, 6.45) is 4.52. The molecule has 0 radical (unpaired) electrons. The highest BCUT2D eigenvalue weighted by atomic mass is 35.5. The van der Waals surface area contributed by atoms with Crippen molar-refractivity contribution < 1.29 is 4.79 Å². The fourth-order valence-corrected chi connectivity index (χ4v) is 4.56. The molecule has 3 atom stereocenters. The summed E-state index contributed by atoms with van der Waals surface area (Å²) < 4.78 is 0. The standard InChI is InChI=1S/C19H27N3O.2ClH/c1-14(21-11-9-15-4-2-3-5-16(15)13-21)19(23)22-17-6-7-18(22)12-20-10-8-17;;/h2-5,14,17-18,20H,6-13H2,1H3;2*1H. The van der Waals surface area contributed by atoms with Crippen LogP contribution in [-0.4, -0.2) is 53.5 Å². The summed E-state index contributed by atoms with van der Waals surface area (Å²) in [5, 5.41) is 3.49. The molecule has 4 rings (SSSR count). The van der Waals surface area contributed by atoms with Gasteiger partial charge >= 0.3 is 0 Å². The van der Waals surface area contributed by atoms with Crippen molar-refractivity contribution in [2.75, 3.05) is 19.6 Å². The van der Waals surface area contributed by atoms with Gasteiger partial charge in [0.25, 0.3) is 0 Å². The SMILES string of the molecule is CC(C(=O)N1C2CCNCC1CC2)N1CCc2ccccc2C1.Cl.Cl. The van der Waals surface area contributed by atoms with E-state index in [4.69, 9.17) is 0 Å². The van der Waals surface area contributed by atoms with Gasteiger partial charge in [0, 0.05) is 31.7 Å². The molecule has 3 unspecified atom stereocenters. The molecule has 140 valence electrons. The maximum atomic E-state index is 13.2. The van der Waals surface area contributed by atoms with Crippen LogP contribution in [0.25, 0.3) is 0 Å². The first-order valence-corrected chi connectivity index (χ1v) is 9.08. The average Bonchev–Trinajstić information content (AvgIpc) is 2.86. The monoisotopic (exact) mass is 385 g/mol. The van der Waals surface area contributed by atoms with E-state index in [1.54, 1.807) is 0 Å². The Morgan fingerprint density at radius 1 is 1.12 bits per heavy atom. The van der Waals surface area contributed by atoms with Gasteiger partial charge in [-0.25, -0.2) is 0 Å². The van der Waals surface area contributed by atoms with Crippen molar-refractivity contribution in [1.29, 1.82) is 0 Å². The maximum absolute atomic E-state index is 13.2. The molecule has 4 nitrogen and oxygen atoms in total. The molecule has 2 fully saturated rings. The molecule has 1 aromatic carbocycles. The van der Waals surface area contributed by atoms with E-state index in [1.807, 2.05) is 0 Å². The van der Waals surface area contributed by atoms with Crippen molar-refractivity contribution >= 4 is 30.7 Å². The fraction of sp³-hybridized carbons (Fsp3) is 0.632. The van der Waals surface area contributed by atoms with Gasteiger partial charge in [0.1, 0.15) is 0 Å². The molecule has 1 aromatic rings. The fourth-order valence-electron chi connectivity index (χ4n) is 4.56. The van der Waals surface area contributed by atoms with Gasteiger partial charge in [-0.3, -0.25) is 9.69 Å². The molecule has 0 aromatic heterocycles. The number of benzene rings is 1. The van der Waals surface area contributed by atoms with E-state index in [1.165, 1.54) is 24.0 Å². The highest BCUT2D eigenvalue weighted by molar-refractivity contribution is 5.85. The van der Waals surface area contributed by atoms with Crippen molar-refractivity contribution in [3.63, 3.8) is 0 Å². The van der Waals surface area contributed by atoms with Gasteiger partial charge in [-0.05, 0) is 50.3 Å². The Hall–Kier alpha value is -0.810. The van der Waals surface area contributed by atoms with E-state index < -0.39 is 0 Å². The van der Waals surface area contributed by atoms with E-state index in [0.717, 1.165) is 39.0 Å². The highest BCUT2D eigenvalue weighted by Crippen LogP contribution is 2.30. The van der Waals surface area contributed by atoms with Crippen LogP contribution in [0, 0.1) is 0 Å². The van der Waals surface area contributed by atoms with Crippen molar-refractivity contribution in [3.05, 3.63) is 35.4 Å². The van der Waals surface area contributed by atoms with Crippen LogP contribution < -0.4 is 5.32 Å². The number of fused-ring (bicyclic) bond motifs is 3. The second-order valence-electron chi connectivity index (χ2n) is 7.29. The summed E-state index contributed by atoms with van der Waals surface area (Å²) in [5.74, 6) is 0.348. The second kappa shape index (κ2) is 8.72. The minimum Gasteiger partial charge on any atom is -0.334 e. The van der Waals surface area contributed by atoms with Gasteiger partial charge in [-0.15, -0.1) is 24.8 Å². The van der Waals surface area contributed by atoms with Crippen LogP contribution in [0.15, 0.2) is 24.3 Å². The average molecular weight is 386 g/mol. The Labute approximate surface area is 163 Å². The second-order valence-corrected chi connectivity index (χ2v) is 7.29. The highest BCUT2D eigenvalue weighted by Gasteiger charge is 2.40. The minimum absolute atomic E-state index is 0. The molecule has 0 aliphatic carbocycles. The van der Waals surface area contributed by atoms with Crippen LogP contribution in [0.2, 0.25) is 0 Å². The van der Waals surface area contributed by atoms with Crippen LogP contribution in [0.3, 0.4) is 0 Å². The van der Waals surface area contributed by atoms with E-state index in [-0.39, 0.29) is 30.9 Å². The normalized spacial score (nSPS) is 26.7. The zero-order valence-electron chi connectivity index (χ0n) is 14.8. The minimum atomic E-state index is -0.00967. The van der Waals surface area contributed by atoms with Crippen molar-refractivity contribution in [3.8, 4) is 0 Å². The first-order chi connectivity index (χ1) is 11.2. The lowest BCUT2D eigenvalue weighted by atomic mass is 9.98. The Morgan fingerprint density at radius 2 is 1.84 bits per heavy atom. The number of carbonyl (C=O) groups is 1. The third-order valence-corrected chi connectivity index (χ3v) is 5.97. The Kier molecular flexibility index (Phi) is 7.15. The summed E-state index contributed by atoms with van der Waals surface area (Å²) in [6, 6.07) is 9.51. The van der Waals surface area contributed by atoms with Crippen molar-refractivity contribution in [1.82, 2.24) is 15.1 Å². The number of nitrogens with one attached hydrogen (secondary N) is 1. The predicted molar refractivity (Wildman–Crippen MR) is 106 cm³/mol. The van der Waals surface area contributed by atoms with E-state index >= 15 is 0 Å². The quantitative estimate of drug-likeness (QED) is 0.849. The first-order valence-electron chi connectivity index (χ1n) is 9.08. The van der Waals surface area contributed by atoms with E-state index in [9.17, 15) is 4.79 Å². The molecule has 0 saturated carbocycles. The largest absolute Gasteiger partial charge is 0.334 e. The van der Waals surface area contributed by atoms with Crippen LogP contribution >= 0.6 is 24.8 Å². The summed E-state index contributed by atoms with van der Waals surface area (Å²) in [5.41, 5.74) is 2.83. The van der Waals surface area contributed by atoms with Crippen LogP contribution in [0.4, 0.5) is 0 Å². The van der Waals surface area contributed by atoms with E-state index in [0.29, 0.717) is 18.0 Å². The predicted octanol–water partition coefficient (Wildman–Crippen LogP) is 2.63. The van der Waals surface area contributed by atoms with Gasteiger partial charge in [0.15, 0.2) is 0 Å². The summed E-state index contributed by atoms with van der Waals surface area (Å²) in [4.78, 5) is 17.8. The molecular formula is C19H29Cl2N3O. The van der Waals surface area contributed by atoms with Gasteiger partial charge < -0.3 is 10.2 Å². The molecule has 1 amide bonds. The lowest BCUT2D eigenvalue weighted by Gasteiger charge is -2.37. The number of hydrogen-bond donors (Lipinski definition) is 1. The first kappa shape index (κ1) is 20.5. The van der Waals surface area contributed by atoms with Gasteiger partial charge in [0.05, 0.1) is 6.04 Å². The van der Waals surface area contributed by atoms with Gasteiger partial charge in [-0.1, -0.05) is 24.3 Å². The molecule has 3 aliphatic rings. The maximum Gasteiger partial charge on any atom is 0.240 e. The molecular weight excluding hydrogens is 357 g/mol. The molecule has 1 N–H and O–H groups in total. The molecule has 0 spiro atoms. The lowest BCUT2D eigenvalue weighted by Crippen LogP contribution is -2.52. The van der Waals surface area contributed by atoms with Gasteiger partial charge in [0.2, 0.25) is 5.91 Å². The van der Waals surface area contributed by atoms with Crippen LogP contribution in [-0.2, 0) is 17.8 Å². The topological polar surface area (TPSA) is 35.6 Å².